The summed E-state index contributed by atoms with van der Waals surface area (Å²) in [5.74, 6) is 1.54. The van der Waals surface area contributed by atoms with Crippen molar-refractivity contribution in [2.24, 2.45) is 5.73 Å². The van der Waals surface area contributed by atoms with Gasteiger partial charge in [0.2, 0.25) is 0 Å². The first-order valence-electron chi connectivity index (χ1n) is 5.15. The summed E-state index contributed by atoms with van der Waals surface area (Å²) in [4.78, 5) is 8.80. The van der Waals surface area contributed by atoms with Gasteiger partial charge in [-0.2, -0.15) is 0 Å². The van der Waals surface area contributed by atoms with Gasteiger partial charge in [0.05, 0.1) is 0 Å². The fraction of sp³-hybridized carbons (Fsp3) is 0.600. The summed E-state index contributed by atoms with van der Waals surface area (Å²) >= 11 is 0. The Morgan fingerprint density at radius 2 is 2.07 bits per heavy atom. The van der Waals surface area contributed by atoms with Crippen LogP contribution in [0.4, 0.5) is 5.82 Å². The summed E-state index contributed by atoms with van der Waals surface area (Å²) in [6, 6.07) is 0. The molecule has 4 heteroatoms. The summed E-state index contributed by atoms with van der Waals surface area (Å²) < 4.78 is 0. The lowest BCUT2D eigenvalue weighted by Gasteiger charge is -2.05. The molecule has 0 aromatic carbocycles. The zero-order chi connectivity index (χ0) is 9.97. The number of aromatic nitrogens is 2. The van der Waals surface area contributed by atoms with Crippen molar-refractivity contribution in [1.29, 1.82) is 0 Å². The molecule has 0 saturated heterocycles. The molecule has 0 bridgehead atoms. The van der Waals surface area contributed by atoms with Crippen molar-refractivity contribution in [2.45, 2.75) is 32.1 Å². The maximum Gasteiger partial charge on any atom is 0.131 e. The normalized spacial score (nSPS) is 14.4. The monoisotopic (exact) mass is 192 g/mol. The van der Waals surface area contributed by atoms with Crippen LogP contribution in [0.25, 0.3) is 0 Å². The van der Waals surface area contributed by atoms with Crippen LogP contribution in [0, 0.1) is 0 Å². The van der Waals surface area contributed by atoms with Gasteiger partial charge in [-0.1, -0.05) is 0 Å². The molecule has 1 aliphatic carbocycles. The van der Waals surface area contributed by atoms with E-state index in [0.29, 0.717) is 12.4 Å². The summed E-state index contributed by atoms with van der Waals surface area (Å²) in [5.41, 5.74) is 13.6. The first kappa shape index (κ1) is 9.40. The van der Waals surface area contributed by atoms with Crippen LogP contribution in [0.15, 0.2) is 0 Å². The van der Waals surface area contributed by atoms with Crippen molar-refractivity contribution in [3.8, 4) is 0 Å². The van der Waals surface area contributed by atoms with E-state index in [1.165, 1.54) is 5.56 Å². The van der Waals surface area contributed by atoms with E-state index >= 15 is 0 Å². The third-order valence-corrected chi connectivity index (χ3v) is 2.62. The highest BCUT2D eigenvalue weighted by Crippen LogP contribution is 2.24. The topological polar surface area (TPSA) is 77.8 Å². The standard InChI is InChI=1S/C10H16N4/c11-6-2-5-9-13-8-4-1-3-7(8)10(12)14-9/h1-6,11H2,(H2,12,13,14). The summed E-state index contributed by atoms with van der Waals surface area (Å²) in [6.07, 6.45) is 5.02. The number of nitrogens with two attached hydrogens (primary N) is 2. The van der Waals surface area contributed by atoms with Gasteiger partial charge in [-0.15, -0.1) is 0 Å². The molecular formula is C10H16N4. The van der Waals surface area contributed by atoms with Gasteiger partial charge in [0, 0.05) is 17.7 Å². The molecular weight excluding hydrogens is 176 g/mol. The highest BCUT2D eigenvalue weighted by Gasteiger charge is 2.17. The first-order chi connectivity index (χ1) is 6.81. The molecule has 14 heavy (non-hydrogen) atoms. The Kier molecular flexibility index (Phi) is 2.63. The van der Waals surface area contributed by atoms with Crippen molar-refractivity contribution in [3.63, 3.8) is 0 Å². The molecule has 0 spiro atoms. The van der Waals surface area contributed by atoms with Gasteiger partial charge in [-0.25, -0.2) is 9.97 Å². The molecule has 0 aliphatic heterocycles. The van der Waals surface area contributed by atoms with Crippen LogP contribution in [0.5, 0.6) is 0 Å². The highest BCUT2D eigenvalue weighted by atomic mass is 15.0. The highest BCUT2D eigenvalue weighted by molar-refractivity contribution is 5.44. The number of nitrogen functional groups attached to an aromatic ring is 1. The van der Waals surface area contributed by atoms with Crippen LogP contribution >= 0.6 is 0 Å². The van der Waals surface area contributed by atoms with Crippen LogP contribution < -0.4 is 11.5 Å². The molecule has 1 aromatic rings. The maximum atomic E-state index is 5.86. The first-order valence-corrected chi connectivity index (χ1v) is 5.15. The van der Waals surface area contributed by atoms with Gasteiger partial charge >= 0.3 is 0 Å². The smallest absolute Gasteiger partial charge is 0.131 e. The number of hydrogen-bond acceptors (Lipinski definition) is 4. The van der Waals surface area contributed by atoms with Crippen LogP contribution in [0.3, 0.4) is 0 Å². The van der Waals surface area contributed by atoms with E-state index in [4.69, 9.17) is 11.5 Å². The molecule has 0 atom stereocenters. The van der Waals surface area contributed by atoms with Crippen molar-refractivity contribution in [1.82, 2.24) is 9.97 Å². The molecule has 0 fully saturated rings. The minimum absolute atomic E-state index is 0.680. The Morgan fingerprint density at radius 3 is 2.86 bits per heavy atom. The molecule has 0 radical (unpaired) electrons. The molecule has 0 amide bonds. The Labute approximate surface area is 83.7 Å². The number of nitrogens with zero attached hydrogens (tertiary/aromatic N) is 2. The SMILES string of the molecule is NCCCc1nc(N)c2c(n1)CCC2. The van der Waals surface area contributed by atoms with Gasteiger partial charge in [-0.05, 0) is 32.2 Å². The van der Waals surface area contributed by atoms with E-state index < -0.39 is 0 Å². The van der Waals surface area contributed by atoms with E-state index in [2.05, 4.69) is 9.97 Å². The van der Waals surface area contributed by atoms with E-state index in [1.807, 2.05) is 0 Å². The number of aryl methyl sites for hydroxylation is 2. The molecule has 4 N–H and O–H groups in total. The van der Waals surface area contributed by atoms with E-state index in [0.717, 1.165) is 43.6 Å². The van der Waals surface area contributed by atoms with Crippen LogP contribution in [-0.2, 0) is 19.3 Å². The Morgan fingerprint density at radius 1 is 1.21 bits per heavy atom. The second-order valence-corrected chi connectivity index (χ2v) is 3.70. The summed E-state index contributed by atoms with van der Waals surface area (Å²) in [5, 5.41) is 0. The largest absolute Gasteiger partial charge is 0.383 e. The summed E-state index contributed by atoms with van der Waals surface area (Å²) in [7, 11) is 0. The number of anilines is 1. The minimum Gasteiger partial charge on any atom is -0.383 e. The predicted octanol–water partition coefficient (Wildman–Crippen LogP) is 0.439. The van der Waals surface area contributed by atoms with Crippen molar-refractivity contribution in [2.75, 3.05) is 12.3 Å². The predicted molar refractivity (Wildman–Crippen MR) is 55.8 cm³/mol. The number of rotatable bonds is 3. The fourth-order valence-electron chi connectivity index (χ4n) is 1.89. The van der Waals surface area contributed by atoms with Gasteiger partial charge in [0.25, 0.3) is 0 Å². The van der Waals surface area contributed by atoms with Gasteiger partial charge in [0.15, 0.2) is 0 Å². The lowest BCUT2D eigenvalue weighted by Crippen LogP contribution is -2.08. The number of hydrogen-bond donors (Lipinski definition) is 2. The van der Waals surface area contributed by atoms with Gasteiger partial charge < -0.3 is 11.5 Å². The van der Waals surface area contributed by atoms with Gasteiger partial charge in [0.1, 0.15) is 11.6 Å². The van der Waals surface area contributed by atoms with Crippen molar-refractivity contribution in [3.05, 3.63) is 17.1 Å². The van der Waals surface area contributed by atoms with Crippen molar-refractivity contribution >= 4 is 5.82 Å². The Hall–Kier alpha value is -1.16. The number of fused-ring (bicyclic) bond motifs is 1. The van der Waals surface area contributed by atoms with Gasteiger partial charge in [-0.3, -0.25) is 0 Å². The molecule has 0 saturated carbocycles. The average Bonchev–Trinajstić information content (AvgIpc) is 2.63. The Balaban J connectivity index is 2.23. The molecule has 1 aliphatic rings. The molecule has 1 aromatic heterocycles. The minimum atomic E-state index is 0.680. The molecule has 0 unspecified atom stereocenters. The van der Waals surface area contributed by atoms with E-state index in [9.17, 15) is 0 Å². The molecule has 1 heterocycles. The van der Waals surface area contributed by atoms with Crippen LogP contribution in [0.1, 0.15) is 29.9 Å². The zero-order valence-corrected chi connectivity index (χ0v) is 8.29. The average molecular weight is 192 g/mol. The van der Waals surface area contributed by atoms with Crippen LogP contribution in [-0.4, -0.2) is 16.5 Å². The van der Waals surface area contributed by atoms with Crippen molar-refractivity contribution < 1.29 is 0 Å². The third kappa shape index (κ3) is 1.70. The molecule has 2 rings (SSSR count). The third-order valence-electron chi connectivity index (χ3n) is 2.62. The lowest BCUT2D eigenvalue weighted by molar-refractivity contribution is 0.772. The molecule has 76 valence electrons. The van der Waals surface area contributed by atoms with E-state index in [-0.39, 0.29) is 0 Å². The fourth-order valence-corrected chi connectivity index (χ4v) is 1.89. The zero-order valence-electron chi connectivity index (χ0n) is 8.29. The molecule has 4 nitrogen and oxygen atoms in total. The quantitative estimate of drug-likeness (QED) is 0.728. The summed E-state index contributed by atoms with van der Waals surface area (Å²) in [6.45, 7) is 0.681. The van der Waals surface area contributed by atoms with E-state index in [1.54, 1.807) is 0 Å². The Bertz CT molecular complexity index is 335. The maximum absolute atomic E-state index is 5.86. The second kappa shape index (κ2) is 3.92. The van der Waals surface area contributed by atoms with Crippen LogP contribution in [0.2, 0.25) is 0 Å². The lowest BCUT2D eigenvalue weighted by atomic mass is 10.2. The second-order valence-electron chi connectivity index (χ2n) is 3.70.